The Hall–Kier alpha value is -4.60. The third-order valence-corrected chi connectivity index (χ3v) is 9.81. The fraction of sp³-hybridized carbons (Fsp3) is 0.529. The van der Waals surface area contributed by atoms with Crippen molar-refractivity contribution in [3.8, 4) is 5.75 Å². The summed E-state index contributed by atoms with van der Waals surface area (Å²) in [4.78, 5) is 45.3. The molecule has 2 aliphatic rings. The van der Waals surface area contributed by atoms with E-state index in [1.165, 1.54) is 10.9 Å². The molecule has 0 radical (unpaired) electrons. The molecule has 2 fully saturated rings. The highest BCUT2D eigenvalue weighted by molar-refractivity contribution is 7.80. The van der Waals surface area contributed by atoms with E-state index < -0.39 is 24.6 Å². The van der Waals surface area contributed by atoms with Crippen LogP contribution in [0.4, 0.5) is 10.6 Å². The zero-order chi connectivity index (χ0) is 36.8. The first-order chi connectivity index (χ1) is 24.4. The quantitative estimate of drug-likeness (QED) is 0.201. The van der Waals surface area contributed by atoms with Gasteiger partial charge in [-0.2, -0.15) is 0 Å². The van der Waals surface area contributed by atoms with Gasteiger partial charge in [0.05, 0.1) is 18.0 Å². The van der Waals surface area contributed by atoms with E-state index in [1.807, 2.05) is 18.0 Å². The molecule has 51 heavy (non-hydrogen) atoms. The fourth-order valence-electron chi connectivity index (χ4n) is 6.09. The molecule has 0 bridgehead atoms. The Bertz CT molecular complexity index is 1740. The molecule has 16 nitrogen and oxygen atoms in total. The zero-order valence-corrected chi connectivity index (χ0v) is 29.8. The average Bonchev–Trinajstić information content (AvgIpc) is 3.57. The van der Waals surface area contributed by atoms with Gasteiger partial charge in [0.15, 0.2) is 5.65 Å². The monoisotopic (exact) mass is 724 g/mol. The van der Waals surface area contributed by atoms with E-state index in [2.05, 4.69) is 21.7 Å². The number of amides is 2. The predicted molar refractivity (Wildman–Crippen MR) is 190 cm³/mol. The van der Waals surface area contributed by atoms with Crippen LogP contribution >= 0.6 is 12.2 Å². The van der Waals surface area contributed by atoms with Gasteiger partial charge in [-0.25, -0.2) is 21.3 Å². The fourth-order valence-corrected chi connectivity index (χ4v) is 6.24. The summed E-state index contributed by atoms with van der Waals surface area (Å²) in [6.45, 7) is 10.9. The average molecular weight is 725 g/mol. The topological polar surface area (TPSA) is 171 Å². The number of likely N-dealkylation sites (tertiary alicyclic amines) is 1. The van der Waals surface area contributed by atoms with E-state index in [1.54, 1.807) is 59.3 Å². The number of piperidine rings is 1. The maximum absolute atomic E-state index is 13.5. The van der Waals surface area contributed by atoms with E-state index in [0.717, 1.165) is 12.0 Å². The minimum Gasteiger partial charge on any atom is -0.466 e. The van der Waals surface area contributed by atoms with Crippen LogP contribution in [0.3, 0.4) is 0 Å². The molecular weight excluding hydrogens is 680 g/mol. The number of nitrogens with zero attached hydrogens (tertiary/aromatic N) is 8. The van der Waals surface area contributed by atoms with Gasteiger partial charge < -0.3 is 54.0 Å². The first-order valence-electron chi connectivity index (χ1n) is 16.6. The minimum absolute atomic E-state index is 0.0213. The van der Waals surface area contributed by atoms with Crippen LogP contribution in [-0.2, 0) is 20.9 Å². The van der Waals surface area contributed by atoms with Gasteiger partial charge in [-0.1, -0.05) is 19.1 Å². The lowest BCUT2D eigenvalue weighted by Gasteiger charge is -2.41. The summed E-state index contributed by atoms with van der Waals surface area (Å²) < 4.78 is 18.2. The largest absolute Gasteiger partial charge is 0.466 e. The number of hydrogen-bond donors (Lipinski definition) is 3. The van der Waals surface area contributed by atoms with Gasteiger partial charge in [0.1, 0.15) is 42.8 Å². The first kappa shape index (κ1) is 37.7. The first-order valence-corrected chi connectivity index (χ1v) is 17.0. The van der Waals surface area contributed by atoms with Crippen molar-refractivity contribution in [1.82, 2.24) is 29.2 Å². The third-order valence-electron chi connectivity index (χ3n) is 9.38. The van der Waals surface area contributed by atoms with Crippen molar-refractivity contribution in [1.29, 1.82) is 0 Å². The van der Waals surface area contributed by atoms with Gasteiger partial charge in [0.25, 0.3) is 11.7 Å². The lowest BCUT2D eigenvalue weighted by molar-refractivity contribution is -0.242. The van der Waals surface area contributed by atoms with Crippen LogP contribution < -0.4 is 9.64 Å². The van der Waals surface area contributed by atoms with E-state index in [9.17, 15) is 24.9 Å². The number of anilines is 1. The molecule has 6 atom stereocenters. The summed E-state index contributed by atoms with van der Waals surface area (Å²) in [6, 6.07) is 8.39. The zero-order valence-electron chi connectivity index (χ0n) is 29.0. The van der Waals surface area contributed by atoms with E-state index >= 15 is 0 Å². The predicted octanol–water partition coefficient (Wildman–Crippen LogP) is 1.17. The lowest BCUT2D eigenvalue weighted by atomic mass is 9.92. The molecule has 17 heteroatoms. The summed E-state index contributed by atoms with van der Waals surface area (Å²) in [6.07, 6.45) is -1.12. The number of likely N-dealkylation sites (N-methyl/N-ethyl adjacent to an activating group) is 3. The minimum atomic E-state index is -1.39. The van der Waals surface area contributed by atoms with Gasteiger partial charge in [0, 0.05) is 53.5 Å². The molecule has 0 unspecified atom stereocenters. The Morgan fingerprint density at radius 1 is 1.08 bits per heavy atom. The molecule has 274 valence electrons. The second-order valence-electron chi connectivity index (χ2n) is 12.9. The van der Waals surface area contributed by atoms with Crippen molar-refractivity contribution in [2.24, 2.45) is 5.92 Å². The normalized spacial score (nSPS) is 23.3. The standard InChI is InChI=1S/C34H44N8O8S/c1-21-10-12-41(27(44)16-35-2)17-25(21)40(5)30-24-11-13-42(31(24)37-20-36-30)33(47)38(3)14-15-39(4)34(51)49-18-22-6-8-23(9-7-22)50-32-29(46)28(45)26(43)19-48-32/h6-9,11,13,20-21,25-26,28-29,32,43,45-46H,10,12,14-19H2,1,3-5H3/t21-,25+,26-,28+,29-,32+/m1/s1. The molecule has 0 aliphatic carbocycles. The highest BCUT2D eigenvalue weighted by Gasteiger charge is 2.39. The van der Waals surface area contributed by atoms with E-state index in [-0.39, 0.29) is 48.8 Å². The molecule has 3 N–H and O–H groups in total. The number of rotatable bonds is 10. The Balaban J connectivity index is 1.12. The number of carbonyl (C=O) groups is 2. The van der Waals surface area contributed by atoms with Gasteiger partial charge in [-0.05, 0) is 48.3 Å². The highest BCUT2D eigenvalue weighted by atomic mass is 32.1. The van der Waals surface area contributed by atoms with Crippen LogP contribution in [0.2, 0.25) is 0 Å². The Labute approximate surface area is 301 Å². The van der Waals surface area contributed by atoms with Crippen LogP contribution in [0.25, 0.3) is 15.9 Å². The van der Waals surface area contributed by atoms with E-state index in [0.29, 0.717) is 48.8 Å². The third kappa shape index (κ3) is 8.65. The summed E-state index contributed by atoms with van der Waals surface area (Å²) in [5.74, 6) is 1.18. The highest BCUT2D eigenvalue weighted by Crippen LogP contribution is 2.30. The van der Waals surface area contributed by atoms with Gasteiger partial charge >= 0.3 is 11.9 Å². The Morgan fingerprint density at radius 3 is 2.53 bits per heavy atom. The summed E-state index contributed by atoms with van der Waals surface area (Å²) in [7, 11) is 5.41. The maximum Gasteiger partial charge on any atom is 0.329 e. The number of hydrogen-bond acceptors (Lipinski definition) is 12. The van der Waals surface area contributed by atoms with Gasteiger partial charge in [-0.15, -0.1) is 0 Å². The number of thiocarbonyl (C=S) groups is 1. The molecular formula is C34H44N8O8S. The van der Waals surface area contributed by atoms with Gasteiger partial charge in [0.2, 0.25) is 6.29 Å². The van der Waals surface area contributed by atoms with Crippen LogP contribution in [-0.4, -0.2) is 153 Å². The van der Waals surface area contributed by atoms with Crippen molar-refractivity contribution < 1.29 is 39.1 Å². The molecule has 3 aromatic rings. The van der Waals surface area contributed by atoms with Crippen LogP contribution in [0.1, 0.15) is 18.9 Å². The number of benzene rings is 1. The number of aliphatic hydroxyl groups is 3. The lowest BCUT2D eigenvalue weighted by Crippen LogP contribution is -2.54. The van der Waals surface area contributed by atoms with Crippen molar-refractivity contribution in [2.75, 3.05) is 65.4 Å². The second kappa shape index (κ2) is 16.6. The van der Waals surface area contributed by atoms with Crippen LogP contribution in [0.15, 0.2) is 42.9 Å². The van der Waals surface area contributed by atoms with Gasteiger partial charge in [-0.3, -0.25) is 9.36 Å². The molecule has 4 heterocycles. The maximum atomic E-state index is 13.5. The molecule has 0 spiro atoms. The molecule has 2 saturated heterocycles. The molecule has 2 aliphatic heterocycles. The SMILES string of the molecule is [C-]#[N+]CC(=O)N1CC[C@@H](C)[C@@H](N(C)c2ncnc3c2ccn3C(=O)N(C)CCN(C)C(=S)OCc2ccc(O[C@@H]3OC[C@@H](O)[C@H](O)[C@H]3O)cc2)C1. The summed E-state index contributed by atoms with van der Waals surface area (Å²) >= 11 is 5.46. The van der Waals surface area contributed by atoms with Crippen molar-refractivity contribution >= 4 is 46.2 Å². The molecule has 2 aromatic heterocycles. The molecule has 2 amide bonds. The number of aromatic nitrogens is 3. The summed E-state index contributed by atoms with van der Waals surface area (Å²) in [5, 5.41) is 30.5. The molecule has 1 aromatic carbocycles. The summed E-state index contributed by atoms with van der Waals surface area (Å²) in [5.41, 5.74) is 1.27. The van der Waals surface area contributed by atoms with Crippen molar-refractivity contribution in [3.05, 3.63) is 59.8 Å². The number of aliphatic hydroxyl groups excluding tert-OH is 3. The van der Waals surface area contributed by atoms with E-state index in [4.69, 9.17) is 33.0 Å². The van der Waals surface area contributed by atoms with Crippen LogP contribution in [0.5, 0.6) is 5.75 Å². The van der Waals surface area contributed by atoms with Crippen LogP contribution in [0, 0.1) is 12.5 Å². The molecule has 0 saturated carbocycles. The number of fused-ring (bicyclic) bond motifs is 1. The smallest absolute Gasteiger partial charge is 0.329 e. The van der Waals surface area contributed by atoms with Crippen molar-refractivity contribution in [2.45, 2.75) is 50.6 Å². The Kier molecular flexibility index (Phi) is 12.3. The molecule has 5 rings (SSSR count). The Morgan fingerprint density at radius 2 is 1.80 bits per heavy atom. The number of carbonyl (C=O) groups excluding carboxylic acids is 2. The van der Waals surface area contributed by atoms with Crippen molar-refractivity contribution in [3.63, 3.8) is 0 Å². The second-order valence-corrected chi connectivity index (χ2v) is 13.3. The number of ether oxygens (including phenoxy) is 3.